The van der Waals surface area contributed by atoms with Crippen LogP contribution in [0.5, 0.6) is 0 Å². The van der Waals surface area contributed by atoms with Crippen LogP contribution in [0.2, 0.25) is 0 Å². The molecular formula is C5H7FN2O5. The Morgan fingerprint density at radius 3 is 2.38 bits per heavy atom. The Labute approximate surface area is 72.1 Å². The van der Waals surface area contributed by atoms with Crippen LogP contribution in [0.4, 0.5) is 4.39 Å². The molecule has 13 heavy (non-hydrogen) atoms. The smallest absolute Gasteiger partial charge is 0.277 e. The predicted octanol–water partition coefficient (Wildman–Crippen LogP) is 0.366. The first-order valence-corrected chi connectivity index (χ1v) is 3.12. The van der Waals surface area contributed by atoms with Crippen molar-refractivity contribution in [1.82, 2.24) is 0 Å². The molecule has 0 heterocycles. The van der Waals surface area contributed by atoms with Crippen molar-refractivity contribution in [3.05, 3.63) is 32.9 Å². The number of ether oxygens (including phenoxy) is 1. The van der Waals surface area contributed by atoms with Crippen LogP contribution in [0, 0.1) is 20.2 Å². The second kappa shape index (κ2) is 4.45. The number of hydrogen-bond donors (Lipinski definition) is 0. The molecule has 8 heteroatoms. The highest BCUT2D eigenvalue weighted by molar-refractivity contribution is 4.66. The van der Waals surface area contributed by atoms with E-state index in [1.54, 1.807) is 0 Å². The molecule has 0 aliphatic carbocycles. The molecular weight excluding hydrogens is 187 g/mol. The van der Waals surface area contributed by atoms with Gasteiger partial charge in [0.25, 0.3) is 0 Å². The van der Waals surface area contributed by atoms with Crippen molar-refractivity contribution in [3.63, 3.8) is 0 Å². The summed E-state index contributed by atoms with van der Waals surface area (Å²) in [5, 5.41) is 19.9. The molecule has 0 saturated carbocycles. The first-order valence-electron chi connectivity index (χ1n) is 3.12. The largest absolute Gasteiger partial charge is 0.542 e. The lowest BCUT2D eigenvalue weighted by Gasteiger charge is -2.10. The zero-order valence-electron chi connectivity index (χ0n) is 6.51. The van der Waals surface area contributed by atoms with Gasteiger partial charge in [0, 0.05) is 4.92 Å². The normalized spacial score (nSPS) is 14.5. The summed E-state index contributed by atoms with van der Waals surface area (Å²) in [6.07, 6.45) is 1.05. The summed E-state index contributed by atoms with van der Waals surface area (Å²) in [4.78, 5) is 17.2. The molecule has 0 N–H and O–H groups in total. The lowest BCUT2D eigenvalue weighted by molar-refractivity contribution is -0.708. The van der Waals surface area contributed by atoms with Gasteiger partial charge in [0.15, 0.2) is 0 Å². The predicted molar refractivity (Wildman–Crippen MR) is 38.8 cm³/mol. The molecule has 0 rings (SSSR count). The third-order valence-corrected chi connectivity index (χ3v) is 1.02. The van der Waals surface area contributed by atoms with Crippen molar-refractivity contribution in [2.75, 3.05) is 13.2 Å². The summed E-state index contributed by atoms with van der Waals surface area (Å²) >= 11 is 0. The van der Waals surface area contributed by atoms with Gasteiger partial charge in [-0.1, -0.05) is 6.08 Å². The first kappa shape index (κ1) is 11.4. The summed E-state index contributed by atoms with van der Waals surface area (Å²) in [6, 6.07) is 0. The molecule has 0 bridgehead atoms. The maximum atomic E-state index is 12.9. The minimum absolute atomic E-state index is 0.467. The van der Waals surface area contributed by atoms with Crippen LogP contribution >= 0.6 is 0 Å². The van der Waals surface area contributed by atoms with Crippen molar-refractivity contribution in [2.24, 2.45) is 0 Å². The Kier molecular flexibility index (Phi) is 3.92. The van der Waals surface area contributed by atoms with Gasteiger partial charge in [-0.05, 0) is 0 Å². The van der Waals surface area contributed by atoms with E-state index in [1.165, 1.54) is 0 Å². The maximum Gasteiger partial charge on any atom is 0.542 e. The number of alkyl halides is 1. The molecule has 0 aromatic carbocycles. The zero-order chi connectivity index (χ0) is 10.5. The molecule has 0 fully saturated rings. The van der Waals surface area contributed by atoms with Crippen molar-refractivity contribution in [1.29, 1.82) is 0 Å². The molecule has 0 spiro atoms. The van der Waals surface area contributed by atoms with Gasteiger partial charge < -0.3 is 0 Å². The molecule has 7 nitrogen and oxygen atoms in total. The monoisotopic (exact) mass is 194 g/mol. The van der Waals surface area contributed by atoms with Crippen molar-refractivity contribution in [3.8, 4) is 0 Å². The fraction of sp³-hybridized carbons (Fsp3) is 0.600. The zero-order valence-corrected chi connectivity index (χ0v) is 6.51. The highest BCUT2D eigenvalue weighted by Crippen LogP contribution is 2.14. The van der Waals surface area contributed by atoms with Gasteiger partial charge in [-0.15, -0.1) is 11.0 Å². The fourth-order valence-corrected chi connectivity index (χ4v) is 0.502. The summed E-state index contributed by atoms with van der Waals surface area (Å²) in [6.45, 7) is 1.12. The van der Waals surface area contributed by atoms with Crippen LogP contribution in [0.25, 0.3) is 0 Å². The minimum Gasteiger partial charge on any atom is -0.277 e. The third-order valence-electron chi connectivity index (χ3n) is 1.02. The SMILES string of the molecule is C=CCOC(F)(C[N+](=O)[O-])[N+](=O)[O-]. The summed E-state index contributed by atoms with van der Waals surface area (Å²) in [5.41, 5.74) is 0. The highest BCUT2D eigenvalue weighted by atomic mass is 19.2. The molecule has 1 atom stereocenters. The van der Waals surface area contributed by atoms with E-state index in [1.807, 2.05) is 0 Å². The van der Waals surface area contributed by atoms with E-state index >= 15 is 0 Å². The van der Waals surface area contributed by atoms with E-state index < -0.39 is 29.0 Å². The maximum absolute atomic E-state index is 12.9. The van der Waals surface area contributed by atoms with Gasteiger partial charge in [-0.3, -0.25) is 25.0 Å². The number of rotatable bonds is 6. The molecule has 1 unspecified atom stereocenters. The van der Waals surface area contributed by atoms with Crippen LogP contribution in [-0.2, 0) is 4.74 Å². The van der Waals surface area contributed by atoms with E-state index in [2.05, 4.69) is 11.3 Å². The van der Waals surface area contributed by atoms with Crippen LogP contribution in [0.3, 0.4) is 0 Å². The number of nitro groups is 2. The van der Waals surface area contributed by atoms with Crippen LogP contribution in [0.1, 0.15) is 0 Å². The topological polar surface area (TPSA) is 95.5 Å². The van der Waals surface area contributed by atoms with Crippen molar-refractivity contribution in [2.45, 2.75) is 5.98 Å². The molecule has 0 aromatic rings. The van der Waals surface area contributed by atoms with Gasteiger partial charge in [0.05, 0.1) is 11.5 Å². The Balaban J connectivity index is 4.42. The van der Waals surface area contributed by atoms with E-state index in [9.17, 15) is 24.6 Å². The lowest BCUT2D eigenvalue weighted by atomic mass is 10.5. The van der Waals surface area contributed by atoms with Crippen molar-refractivity contribution >= 4 is 0 Å². The van der Waals surface area contributed by atoms with E-state index in [0.717, 1.165) is 6.08 Å². The number of hydrogen-bond acceptors (Lipinski definition) is 5. The third kappa shape index (κ3) is 3.56. The second-order valence-electron chi connectivity index (χ2n) is 2.04. The minimum atomic E-state index is -3.47. The lowest BCUT2D eigenvalue weighted by Crippen LogP contribution is -2.43. The van der Waals surface area contributed by atoms with Gasteiger partial charge in [0.2, 0.25) is 0 Å². The average Bonchev–Trinajstić information content (AvgIpc) is 1.99. The summed E-state index contributed by atoms with van der Waals surface area (Å²) in [5.74, 6) is -3.47. The Morgan fingerprint density at radius 2 is 2.08 bits per heavy atom. The molecule has 0 amide bonds. The highest BCUT2D eigenvalue weighted by Gasteiger charge is 2.51. The van der Waals surface area contributed by atoms with Gasteiger partial charge in [-0.2, -0.15) is 0 Å². The molecule has 0 radical (unpaired) electrons. The molecule has 0 aliphatic rings. The quantitative estimate of drug-likeness (QED) is 0.200. The molecule has 0 saturated heterocycles. The molecule has 0 aliphatic heterocycles. The second-order valence-corrected chi connectivity index (χ2v) is 2.04. The molecule has 74 valence electrons. The Bertz CT molecular complexity index is 233. The van der Waals surface area contributed by atoms with Gasteiger partial charge >= 0.3 is 12.5 Å². The van der Waals surface area contributed by atoms with Crippen LogP contribution in [-0.4, -0.2) is 29.0 Å². The van der Waals surface area contributed by atoms with Gasteiger partial charge in [0.1, 0.15) is 0 Å². The van der Waals surface area contributed by atoms with Gasteiger partial charge in [-0.25, -0.2) is 0 Å². The van der Waals surface area contributed by atoms with E-state index in [0.29, 0.717) is 0 Å². The fourth-order valence-electron chi connectivity index (χ4n) is 0.502. The first-order chi connectivity index (χ1) is 5.92. The van der Waals surface area contributed by atoms with E-state index in [-0.39, 0.29) is 0 Å². The van der Waals surface area contributed by atoms with E-state index in [4.69, 9.17) is 0 Å². The summed E-state index contributed by atoms with van der Waals surface area (Å²) < 4.78 is 17.0. The van der Waals surface area contributed by atoms with Crippen LogP contribution < -0.4 is 0 Å². The van der Waals surface area contributed by atoms with Crippen molar-refractivity contribution < 1.29 is 19.0 Å². The number of nitrogens with zero attached hydrogens (tertiary/aromatic N) is 2. The summed E-state index contributed by atoms with van der Waals surface area (Å²) in [7, 11) is 0. The Hall–Kier alpha value is -1.57. The number of halogens is 1. The average molecular weight is 194 g/mol. The Morgan fingerprint density at radius 1 is 1.54 bits per heavy atom. The standard InChI is InChI=1S/C5H7FN2O5/c1-2-3-13-5(6,8(11)12)4-7(9)10/h2H,1,3-4H2. The molecule has 0 aromatic heterocycles. The van der Waals surface area contributed by atoms with Crippen LogP contribution in [0.15, 0.2) is 12.7 Å².